The van der Waals surface area contributed by atoms with Crippen LogP contribution in [0.3, 0.4) is 0 Å². The SMILES string of the molecule is Cc1ccc(-n2ccncc2=O)cc1.O=CO[O-].O=[N+]([O-])c1ccc(F)cc1.O=c1cncc[nH]1.O=c1cnccn1-c1ccc([N+](=O)[O-])cc1.[Cl][Sn][Cl].[Cs+].[Cs+].[H-]. The maximum Gasteiger partial charge on any atom is 1.00 e. The molecule has 0 amide bonds. The molecule has 56 heavy (non-hydrogen) atoms. The molecule has 0 aliphatic carbocycles. The standard InChI is InChI=1S/C11H10N2O.C10H7N3O3.C6H4FNO2.C4H4N2O.CH2O3.2ClH.2Cs.Sn.H/c1-9-2-4-10(5-3-9)13-7-6-12-8-11(13)14;14-10-7-11-5-6-12(10)8-1-3-9(4-2-8)13(15)16;7-5-1-3-6(4-2-5)8(9)10;7-4-3-5-1-2-6-4;2-1-4-3;;;;;;/h2-8H,1H3;1-7H;1-4H;1-3H,(H,6,7);1,3H;2*1H;;;;/q;;;;;;;2*+1;+2;-1/p-3. The number of halogens is 3. The van der Waals surface area contributed by atoms with Crippen molar-refractivity contribution < 1.29 is 168 Å². The Morgan fingerprint density at radius 3 is 1.43 bits per heavy atom. The van der Waals surface area contributed by atoms with Crippen LogP contribution in [0, 0.1) is 33.0 Å². The molecule has 0 bridgehead atoms. The summed E-state index contributed by atoms with van der Waals surface area (Å²) >= 11 is -0.826. The van der Waals surface area contributed by atoms with E-state index in [1.54, 1.807) is 17.0 Å². The number of nitrogens with zero attached hydrogens (tertiary/aromatic N) is 7. The summed E-state index contributed by atoms with van der Waals surface area (Å²) in [6, 6.07) is 17.8. The molecule has 18 nitrogen and oxygen atoms in total. The average Bonchev–Trinajstić information content (AvgIpc) is 3.17. The number of benzene rings is 3. The number of H-pyrrole nitrogens is 1. The van der Waals surface area contributed by atoms with Crippen LogP contribution in [-0.4, -0.2) is 64.3 Å². The van der Waals surface area contributed by atoms with Gasteiger partial charge in [-0.3, -0.25) is 63.5 Å². The summed E-state index contributed by atoms with van der Waals surface area (Å²) in [6.45, 7) is 1.83. The van der Waals surface area contributed by atoms with E-state index in [-0.39, 0.29) is 174 Å². The molecule has 6 rings (SSSR count). The van der Waals surface area contributed by atoms with Crippen LogP contribution in [0.1, 0.15) is 6.99 Å². The number of hydrogen-bond donors (Lipinski definition) is 1. The fraction of sp³-hybridized carbons (Fsp3) is 0.0312. The number of aromatic amines is 1. The third-order valence-electron chi connectivity index (χ3n) is 5.75. The van der Waals surface area contributed by atoms with E-state index in [1.807, 2.05) is 31.2 Å². The van der Waals surface area contributed by atoms with Gasteiger partial charge in [0, 0.05) is 72.8 Å². The topological polar surface area (TPSA) is 251 Å². The smallest absolute Gasteiger partial charge is 1.00 e. The zero-order valence-corrected chi connectivity index (χ0v) is 46.5. The van der Waals surface area contributed by atoms with E-state index in [0.717, 1.165) is 30.0 Å². The van der Waals surface area contributed by atoms with Crippen LogP contribution in [-0.2, 0) is 9.68 Å². The average molecular weight is 1160 g/mol. The Morgan fingerprint density at radius 1 is 0.750 bits per heavy atom. The second-order valence-electron chi connectivity index (χ2n) is 9.28. The summed E-state index contributed by atoms with van der Waals surface area (Å²) in [7, 11) is 9.87. The Bertz CT molecular complexity index is 2200. The number of nitro groups is 2. The second-order valence-corrected chi connectivity index (χ2v) is 13.5. The summed E-state index contributed by atoms with van der Waals surface area (Å²) in [5.74, 6) is -0.467. The molecule has 6 aromatic rings. The van der Waals surface area contributed by atoms with Crippen molar-refractivity contribution in [2.45, 2.75) is 6.92 Å². The minimum atomic E-state index is -0.826. The van der Waals surface area contributed by atoms with Gasteiger partial charge in [-0.15, -0.1) is 0 Å². The maximum atomic E-state index is 12.1. The zero-order valence-electron chi connectivity index (χ0n) is 30.5. The van der Waals surface area contributed by atoms with Gasteiger partial charge in [0.25, 0.3) is 34.5 Å². The van der Waals surface area contributed by atoms with Gasteiger partial charge < -0.3 is 16.6 Å². The summed E-state index contributed by atoms with van der Waals surface area (Å²) in [4.78, 5) is 77.0. The molecule has 0 fully saturated rings. The molecule has 0 saturated heterocycles. The van der Waals surface area contributed by atoms with E-state index in [0.29, 0.717) is 5.69 Å². The molecule has 0 spiro atoms. The molecule has 3 aromatic carbocycles. The van der Waals surface area contributed by atoms with Crippen molar-refractivity contribution in [3.8, 4) is 11.4 Å². The van der Waals surface area contributed by atoms with Crippen LogP contribution in [0.4, 0.5) is 15.8 Å². The Labute approximate surface area is 453 Å². The number of carbonyl (C=O) groups excluding carboxylic acids is 1. The first-order valence-corrected chi connectivity index (χ1v) is 21.6. The molecule has 3 aromatic heterocycles. The molecule has 1 N–H and O–H groups in total. The van der Waals surface area contributed by atoms with Gasteiger partial charge in [0.2, 0.25) is 0 Å². The number of carbonyl (C=O) groups is 1. The maximum absolute atomic E-state index is 12.1. The molecule has 3 heterocycles. The molecular formula is C32H27Cl2Cs2FN8O10Sn. The molecule has 0 aliphatic rings. The van der Waals surface area contributed by atoms with Crippen molar-refractivity contribution in [3.63, 3.8) is 0 Å². The normalized spacial score (nSPS) is 8.80. The van der Waals surface area contributed by atoms with E-state index in [2.05, 4.69) is 24.8 Å². The Hall–Kier alpha value is -2.06. The fourth-order valence-corrected chi connectivity index (χ4v) is 3.44. The summed E-state index contributed by atoms with van der Waals surface area (Å²) in [6.07, 6.45) is 12.9. The predicted molar refractivity (Wildman–Crippen MR) is 195 cm³/mol. The van der Waals surface area contributed by atoms with Crippen molar-refractivity contribution in [2.75, 3.05) is 0 Å². The van der Waals surface area contributed by atoms with Crippen LogP contribution in [0.2, 0.25) is 0 Å². The first-order chi connectivity index (χ1) is 25.9. The van der Waals surface area contributed by atoms with Gasteiger partial charge in [-0.05, 0) is 43.3 Å². The van der Waals surface area contributed by atoms with Gasteiger partial charge in [-0.2, -0.15) is 0 Å². The van der Waals surface area contributed by atoms with Crippen molar-refractivity contribution in [1.29, 1.82) is 0 Å². The second kappa shape index (κ2) is 33.9. The first kappa shape index (κ1) is 56.0. The minimum absolute atomic E-state index is 0. The van der Waals surface area contributed by atoms with Crippen molar-refractivity contribution >= 4 is 54.6 Å². The zero-order chi connectivity index (χ0) is 40.3. The predicted octanol–water partition coefficient (Wildman–Crippen LogP) is -2.26. The van der Waals surface area contributed by atoms with Crippen LogP contribution in [0.15, 0.2) is 143 Å². The number of rotatable bonds is 5. The van der Waals surface area contributed by atoms with E-state index >= 15 is 0 Å². The van der Waals surface area contributed by atoms with Gasteiger partial charge >= 0.3 is 175 Å². The fourth-order valence-electron chi connectivity index (χ4n) is 3.44. The molecule has 0 aliphatic heterocycles. The van der Waals surface area contributed by atoms with Crippen molar-refractivity contribution in [1.82, 2.24) is 29.1 Å². The monoisotopic (exact) mass is 1160 g/mol. The number of nitro benzene ring substituents is 2. The van der Waals surface area contributed by atoms with Gasteiger partial charge in [0.1, 0.15) is 5.82 Å². The molecule has 282 valence electrons. The van der Waals surface area contributed by atoms with E-state index in [4.69, 9.17) is 27.9 Å². The van der Waals surface area contributed by atoms with Gasteiger partial charge in [-0.25, -0.2) is 4.39 Å². The number of hydrogen-bond acceptors (Lipinski definition) is 13. The minimum Gasteiger partial charge on any atom is -1.00 e. The molecule has 0 unspecified atom stereocenters. The Morgan fingerprint density at radius 2 is 1.12 bits per heavy atom. The third kappa shape index (κ3) is 24.0. The van der Waals surface area contributed by atoms with Crippen molar-refractivity contribution in [2.24, 2.45) is 0 Å². The summed E-state index contributed by atoms with van der Waals surface area (Å²) in [5.41, 5.74) is 1.94. The third-order valence-corrected chi connectivity index (χ3v) is 5.75. The van der Waals surface area contributed by atoms with Crippen LogP contribution in [0.5, 0.6) is 0 Å². The largest absolute Gasteiger partial charge is 1.00 e. The molecular weight excluding hydrogens is 1130 g/mol. The van der Waals surface area contributed by atoms with Gasteiger partial charge in [0.15, 0.2) is 0 Å². The Balaban J connectivity index is -0.000000653. The molecule has 0 atom stereocenters. The van der Waals surface area contributed by atoms with Crippen molar-refractivity contribution in [3.05, 3.63) is 191 Å². The number of nitrogens with one attached hydrogen (secondary N) is 1. The number of aryl methyl sites for hydroxylation is 1. The molecule has 0 saturated carbocycles. The van der Waals surface area contributed by atoms with Crippen LogP contribution < -0.4 is 160 Å². The van der Waals surface area contributed by atoms with Crippen LogP contribution in [0.25, 0.3) is 11.4 Å². The van der Waals surface area contributed by atoms with Gasteiger partial charge in [0.05, 0.1) is 28.4 Å². The van der Waals surface area contributed by atoms with Crippen LogP contribution >= 0.6 is 17.8 Å². The quantitative estimate of drug-likeness (QED) is 0.0631. The van der Waals surface area contributed by atoms with E-state index < -0.39 is 34.6 Å². The summed E-state index contributed by atoms with van der Waals surface area (Å²) in [5, 5.41) is 28.9. The first-order valence-electron chi connectivity index (χ1n) is 14.3. The Kier molecular flexibility index (Phi) is 33.9. The molecule has 24 heteroatoms. The van der Waals surface area contributed by atoms with Gasteiger partial charge in [-0.1, -0.05) is 17.7 Å². The number of non-ortho nitro benzene ring substituents is 2. The van der Waals surface area contributed by atoms with E-state index in [9.17, 15) is 39.0 Å². The number of aromatic nitrogens is 6. The molecule has 2 radical (unpaired) electrons. The summed E-state index contributed by atoms with van der Waals surface area (Å²) < 4.78 is 15.0. The van der Waals surface area contributed by atoms with E-state index in [1.165, 1.54) is 77.8 Å².